The molecular weight excluding hydrogens is 316 g/mol. The van der Waals surface area contributed by atoms with Crippen LogP contribution in [0.5, 0.6) is 0 Å². The number of hydrogen-bond donors (Lipinski definition) is 1. The van der Waals surface area contributed by atoms with Crippen molar-refractivity contribution in [3.8, 4) is 0 Å². The molecule has 6 heteroatoms. The first-order valence-electron chi connectivity index (χ1n) is 7.02. The molecule has 0 bridgehead atoms. The van der Waals surface area contributed by atoms with Crippen LogP contribution in [0.25, 0.3) is 0 Å². The lowest BCUT2D eigenvalue weighted by Gasteiger charge is -2.22. The summed E-state index contributed by atoms with van der Waals surface area (Å²) >= 11 is 5.82. The number of methoxy groups -OCH3 is 1. The number of hydrogen-bond acceptors (Lipinski definition) is 4. The fourth-order valence-corrected chi connectivity index (χ4v) is 2.09. The van der Waals surface area contributed by atoms with Crippen LogP contribution in [0, 0.1) is 0 Å². The van der Waals surface area contributed by atoms with Crippen molar-refractivity contribution in [1.29, 1.82) is 0 Å². The molecule has 2 aromatic rings. The maximum Gasteiger partial charge on any atom is 0.325 e. The van der Waals surface area contributed by atoms with Crippen LogP contribution in [0.1, 0.15) is 0 Å². The highest BCUT2D eigenvalue weighted by atomic mass is 35.5. The van der Waals surface area contributed by atoms with Crippen molar-refractivity contribution in [3.05, 3.63) is 59.6 Å². The van der Waals surface area contributed by atoms with Gasteiger partial charge >= 0.3 is 5.97 Å². The molecule has 1 amide bonds. The van der Waals surface area contributed by atoms with Gasteiger partial charge in [0.2, 0.25) is 5.91 Å². The van der Waals surface area contributed by atoms with Gasteiger partial charge in [0.05, 0.1) is 13.7 Å². The number of carbonyl (C=O) groups excluding carboxylic acids is 2. The fourth-order valence-electron chi connectivity index (χ4n) is 1.97. The predicted molar refractivity (Wildman–Crippen MR) is 90.8 cm³/mol. The zero-order chi connectivity index (χ0) is 16.7. The molecule has 2 rings (SSSR count). The second kappa shape index (κ2) is 8.19. The van der Waals surface area contributed by atoms with Crippen LogP contribution < -0.4 is 10.2 Å². The molecule has 1 N–H and O–H groups in total. The number of ether oxygens (including phenoxy) is 1. The number of carbonyl (C=O) groups is 2. The third kappa shape index (κ3) is 5.00. The predicted octanol–water partition coefficient (Wildman–Crippen LogP) is 2.96. The first kappa shape index (κ1) is 16.8. The topological polar surface area (TPSA) is 58.6 Å². The van der Waals surface area contributed by atoms with E-state index in [-0.39, 0.29) is 19.0 Å². The minimum absolute atomic E-state index is 0.0491. The molecule has 0 saturated heterocycles. The van der Waals surface area contributed by atoms with Crippen LogP contribution in [0.4, 0.5) is 11.4 Å². The van der Waals surface area contributed by atoms with E-state index in [9.17, 15) is 9.59 Å². The second-order valence-electron chi connectivity index (χ2n) is 4.75. The fraction of sp³-hybridized carbons (Fsp3) is 0.176. The van der Waals surface area contributed by atoms with Gasteiger partial charge in [-0.3, -0.25) is 14.5 Å². The molecule has 23 heavy (non-hydrogen) atoms. The molecule has 0 aliphatic rings. The Kier molecular flexibility index (Phi) is 6.00. The molecule has 0 aliphatic heterocycles. The molecule has 0 saturated carbocycles. The molecule has 0 atom stereocenters. The van der Waals surface area contributed by atoms with Crippen molar-refractivity contribution in [2.75, 3.05) is 30.4 Å². The molecule has 0 radical (unpaired) electrons. The number of amides is 1. The lowest BCUT2D eigenvalue weighted by molar-refractivity contribution is -0.139. The third-order valence-electron chi connectivity index (χ3n) is 3.17. The van der Waals surface area contributed by atoms with E-state index in [1.165, 1.54) is 12.0 Å². The Morgan fingerprint density at radius 2 is 1.74 bits per heavy atom. The Balaban J connectivity index is 2.07. The Morgan fingerprint density at radius 3 is 2.35 bits per heavy atom. The number of anilines is 2. The molecule has 0 aliphatic carbocycles. The van der Waals surface area contributed by atoms with E-state index < -0.39 is 5.97 Å². The monoisotopic (exact) mass is 332 g/mol. The average Bonchev–Trinajstić information content (AvgIpc) is 2.59. The number of nitrogens with one attached hydrogen (secondary N) is 1. The van der Waals surface area contributed by atoms with Crippen molar-refractivity contribution < 1.29 is 14.3 Å². The Bertz CT molecular complexity index is 659. The summed E-state index contributed by atoms with van der Waals surface area (Å²) in [7, 11) is 1.29. The number of halogens is 1. The summed E-state index contributed by atoms with van der Waals surface area (Å²) in [6.45, 7) is -0.0881. The van der Waals surface area contributed by atoms with E-state index in [0.717, 1.165) is 5.69 Å². The summed E-state index contributed by atoms with van der Waals surface area (Å²) < 4.78 is 4.66. The standard InChI is InChI=1S/C17H17ClN2O3/c1-23-17(22)12-20(15-5-3-2-4-6-15)16(21)11-19-14-9-7-13(18)8-10-14/h2-10,19H,11-12H2,1H3. The number of benzene rings is 2. The third-order valence-corrected chi connectivity index (χ3v) is 3.42. The Labute approximate surface area is 139 Å². The van der Waals surface area contributed by atoms with Gasteiger partial charge in [-0.2, -0.15) is 0 Å². The van der Waals surface area contributed by atoms with E-state index in [2.05, 4.69) is 10.1 Å². The lowest BCUT2D eigenvalue weighted by Crippen LogP contribution is -2.39. The molecule has 0 aromatic heterocycles. The molecule has 0 unspecified atom stereocenters. The smallest absolute Gasteiger partial charge is 0.325 e. The van der Waals surface area contributed by atoms with Gasteiger partial charge in [-0.1, -0.05) is 29.8 Å². The normalized spacial score (nSPS) is 10.0. The highest BCUT2D eigenvalue weighted by Crippen LogP contribution is 2.15. The molecule has 120 valence electrons. The van der Waals surface area contributed by atoms with E-state index >= 15 is 0 Å². The Morgan fingerprint density at radius 1 is 1.09 bits per heavy atom. The average molecular weight is 333 g/mol. The van der Waals surface area contributed by atoms with Crippen molar-refractivity contribution >= 4 is 34.9 Å². The van der Waals surface area contributed by atoms with E-state index in [1.54, 1.807) is 48.5 Å². The summed E-state index contributed by atoms with van der Waals surface area (Å²) in [5, 5.41) is 3.63. The van der Waals surface area contributed by atoms with E-state index in [1.807, 2.05) is 6.07 Å². The van der Waals surface area contributed by atoms with Gasteiger partial charge in [-0.05, 0) is 36.4 Å². The van der Waals surface area contributed by atoms with Crippen molar-refractivity contribution in [3.63, 3.8) is 0 Å². The quantitative estimate of drug-likeness (QED) is 0.826. The molecular formula is C17H17ClN2O3. The molecule has 0 spiro atoms. The SMILES string of the molecule is COC(=O)CN(C(=O)CNc1ccc(Cl)cc1)c1ccccc1. The first-order chi connectivity index (χ1) is 11.1. The van der Waals surface area contributed by atoms with Crippen LogP contribution in [0.3, 0.4) is 0 Å². The highest BCUT2D eigenvalue weighted by molar-refractivity contribution is 6.30. The van der Waals surface area contributed by atoms with Gasteiger partial charge in [-0.25, -0.2) is 0 Å². The van der Waals surface area contributed by atoms with Crippen LogP contribution in [-0.4, -0.2) is 32.1 Å². The van der Waals surface area contributed by atoms with E-state index in [4.69, 9.17) is 11.6 Å². The van der Waals surface area contributed by atoms with Crippen molar-refractivity contribution in [2.45, 2.75) is 0 Å². The minimum Gasteiger partial charge on any atom is -0.468 e. The molecule has 0 fully saturated rings. The largest absolute Gasteiger partial charge is 0.468 e. The van der Waals surface area contributed by atoms with Gasteiger partial charge < -0.3 is 10.1 Å². The molecule has 5 nitrogen and oxygen atoms in total. The van der Waals surface area contributed by atoms with Crippen molar-refractivity contribution in [2.24, 2.45) is 0 Å². The van der Waals surface area contributed by atoms with Crippen LogP contribution in [0.15, 0.2) is 54.6 Å². The first-order valence-corrected chi connectivity index (χ1v) is 7.39. The maximum absolute atomic E-state index is 12.5. The number of rotatable bonds is 6. The number of esters is 1. The van der Waals surface area contributed by atoms with Gasteiger partial charge in [-0.15, -0.1) is 0 Å². The van der Waals surface area contributed by atoms with Gasteiger partial charge in [0.25, 0.3) is 0 Å². The van der Waals surface area contributed by atoms with Crippen LogP contribution in [-0.2, 0) is 14.3 Å². The highest BCUT2D eigenvalue weighted by Gasteiger charge is 2.19. The minimum atomic E-state index is -0.478. The zero-order valence-electron chi connectivity index (χ0n) is 12.7. The maximum atomic E-state index is 12.5. The summed E-state index contributed by atoms with van der Waals surface area (Å²) in [6.07, 6.45) is 0. The summed E-state index contributed by atoms with van der Waals surface area (Å²) in [6, 6.07) is 16.0. The number of nitrogens with zero attached hydrogens (tertiary/aromatic N) is 1. The van der Waals surface area contributed by atoms with Crippen LogP contribution in [0.2, 0.25) is 5.02 Å². The summed E-state index contributed by atoms with van der Waals surface area (Å²) in [5.41, 5.74) is 1.41. The second-order valence-corrected chi connectivity index (χ2v) is 5.19. The zero-order valence-corrected chi connectivity index (χ0v) is 13.4. The lowest BCUT2D eigenvalue weighted by atomic mass is 10.2. The van der Waals surface area contributed by atoms with E-state index in [0.29, 0.717) is 10.7 Å². The van der Waals surface area contributed by atoms with Gasteiger partial charge in [0, 0.05) is 16.4 Å². The number of para-hydroxylation sites is 1. The molecule has 0 heterocycles. The van der Waals surface area contributed by atoms with Gasteiger partial charge in [0.15, 0.2) is 0 Å². The molecule has 2 aromatic carbocycles. The van der Waals surface area contributed by atoms with Crippen molar-refractivity contribution in [1.82, 2.24) is 0 Å². The van der Waals surface area contributed by atoms with Crippen LogP contribution >= 0.6 is 11.6 Å². The van der Waals surface area contributed by atoms with Gasteiger partial charge in [0.1, 0.15) is 6.54 Å². The summed E-state index contributed by atoms with van der Waals surface area (Å²) in [5.74, 6) is -0.717. The Hall–Kier alpha value is -2.53. The summed E-state index contributed by atoms with van der Waals surface area (Å²) in [4.78, 5) is 25.4.